The zero-order chi connectivity index (χ0) is 14.4. The molecule has 0 amide bonds. The van der Waals surface area contributed by atoms with Gasteiger partial charge >= 0.3 is 5.97 Å². The first-order valence-electron chi connectivity index (χ1n) is 6.08. The summed E-state index contributed by atoms with van der Waals surface area (Å²) in [6.07, 6.45) is 2.21. The number of carbonyl (C=O) groups is 1. The van der Waals surface area contributed by atoms with Crippen LogP contribution in [0.5, 0.6) is 0 Å². The molecule has 20 heavy (non-hydrogen) atoms. The molecule has 1 aromatic heterocycles. The van der Waals surface area contributed by atoms with Gasteiger partial charge in [-0.15, -0.1) is 0 Å². The summed E-state index contributed by atoms with van der Waals surface area (Å²) < 4.78 is 17.3. The highest BCUT2D eigenvalue weighted by Gasteiger charge is 2.09. The molecule has 0 aliphatic rings. The Hall–Kier alpha value is -2.50. The highest BCUT2D eigenvalue weighted by Crippen LogP contribution is 2.06. The Kier molecular flexibility index (Phi) is 4.60. The number of nitrogens with zero attached hydrogens (tertiary/aromatic N) is 2. The van der Waals surface area contributed by atoms with E-state index in [4.69, 9.17) is 0 Å². The van der Waals surface area contributed by atoms with Crippen molar-refractivity contribution in [1.29, 1.82) is 0 Å². The molecular formula is C14H14FN3O2. The second-order valence-electron chi connectivity index (χ2n) is 4.06. The Labute approximate surface area is 115 Å². The lowest BCUT2D eigenvalue weighted by atomic mass is 10.1. The SMILES string of the molecule is COC(=O)c1nccc(NCCc2ccc(F)cc2)n1. The maximum absolute atomic E-state index is 12.8. The number of aromatic nitrogens is 2. The zero-order valence-electron chi connectivity index (χ0n) is 11.0. The normalized spacial score (nSPS) is 10.1. The van der Waals surface area contributed by atoms with Crippen molar-refractivity contribution in [3.8, 4) is 0 Å². The number of esters is 1. The van der Waals surface area contributed by atoms with Gasteiger partial charge in [0.05, 0.1) is 7.11 Å². The molecule has 0 unspecified atom stereocenters. The lowest BCUT2D eigenvalue weighted by molar-refractivity contribution is 0.0587. The largest absolute Gasteiger partial charge is 0.463 e. The predicted octanol–water partition coefficient (Wildman–Crippen LogP) is 2.06. The Morgan fingerprint density at radius 3 is 2.75 bits per heavy atom. The van der Waals surface area contributed by atoms with Gasteiger partial charge in [0.2, 0.25) is 5.82 Å². The third kappa shape index (κ3) is 3.74. The fourth-order valence-corrected chi connectivity index (χ4v) is 1.63. The van der Waals surface area contributed by atoms with Crippen molar-refractivity contribution in [2.24, 2.45) is 0 Å². The summed E-state index contributed by atoms with van der Waals surface area (Å²) in [5, 5.41) is 3.07. The number of rotatable bonds is 5. The molecule has 0 saturated carbocycles. The first kappa shape index (κ1) is 13.9. The summed E-state index contributed by atoms with van der Waals surface area (Å²) in [5.74, 6) is -0.269. The highest BCUT2D eigenvalue weighted by molar-refractivity contribution is 5.85. The van der Waals surface area contributed by atoms with Crippen molar-refractivity contribution < 1.29 is 13.9 Å². The van der Waals surface area contributed by atoms with E-state index in [0.29, 0.717) is 12.4 Å². The average molecular weight is 275 g/mol. The Morgan fingerprint density at radius 1 is 1.30 bits per heavy atom. The van der Waals surface area contributed by atoms with Gasteiger partial charge in [-0.3, -0.25) is 0 Å². The van der Waals surface area contributed by atoms with Crippen molar-refractivity contribution >= 4 is 11.8 Å². The molecule has 0 bridgehead atoms. The Balaban J connectivity index is 1.91. The molecule has 5 nitrogen and oxygen atoms in total. The lowest BCUT2D eigenvalue weighted by Gasteiger charge is -2.06. The van der Waals surface area contributed by atoms with E-state index in [-0.39, 0.29) is 11.6 Å². The summed E-state index contributed by atoms with van der Waals surface area (Å²) in [6, 6.07) is 7.98. The van der Waals surface area contributed by atoms with E-state index in [9.17, 15) is 9.18 Å². The second kappa shape index (κ2) is 6.60. The van der Waals surface area contributed by atoms with Gasteiger partial charge in [0, 0.05) is 12.7 Å². The van der Waals surface area contributed by atoms with Gasteiger partial charge in [-0.1, -0.05) is 12.1 Å². The lowest BCUT2D eigenvalue weighted by Crippen LogP contribution is -2.11. The van der Waals surface area contributed by atoms with Crippen molar-refractivity contribution in [3.63, 3.8) is 0 Å². The average Bonchev–Trinajstić information content (AvgIpc) is 2.49. The predicted molar refractivity (Wildman–Crippen MR) is 72.0 cm³/mol. The molecule has 0 spiro atoms. The van der Waals surface area contributed by atoms with E-state index < -0.39 is 5.97 Å². The third-order valence-corrected chi connectivity index (χ3v) is 2.66. The number of hydrogen-bond donors (Lipinski definition) is 1. The van der Waals surface area contributed by atoms with Crippen molar-refractivity contribution in [2.45, 2.75) is 6.42 Å². The molecule has 0 atom stereocenters. The van der Waals surface area contributed by atoms with Crippen LogP contribution in [0.15, 0.2) is 36.5 Å². The smallest absolute Gasteiger partial charge is 0.376 e. The summed E-state index contributed by atoms with van der Waals surface area (Å²) in [5.41, 5.74) is 1.01. The summed E-state index contributed by atoms with van der Waals surface area (Å²) in [4.78, 5) is 19.1. The third-order valence-electron chi connectivity index (χ3n) is 2.66. The summed E-state index contributed by atoms with van der Waals surface area (Å²) >= 11 is 0. The number of carbonyl (C=O) groups excluding carboxylic acids is 1. The van der Waals surface area contributed by atoms with Gasteiger partial charge < -0.3 is 10.1 Å². The standard InChI is InChI=1S/C14H14FN3O2/c1-20-14(19)13-17-9-7-12(18-13)16-8-6-10-2-4-11(15)5-3-10/h2-5,7,9H,6,8H2,1H3,(H,16,17,18). The zero-order valence-corrected chi connectivity index (χ0v) is 11.0. The minimum absolute atomic E-state index is 0.0132. The van der Waals surface area contributed by atoms with Crippen LogP contribution >= 0.6 is 0 Å². The first-order valence-corrected chi connectivity index (χ1v) is 6.08. The van der Waals surface area contributed by atoms with Crippen LogP contribution in [0, 0.1) is 5.82 Å². The van der Waals surface area contributed by atoms with E-state index in [1.165, 1.54) is 25.4 Å². The second-order valence-corrected chi connectivity index (χ2v) is 4.06. The van der Waals surface area contributed by atoms with Gasteiger partial charge in [-0.25, -0.2) is 19.2 Å². The van der Waals surface area contributed by atoms with E-state index in [1.54, 1.807) is 18.2 Å². The van der Waals surface area contributed by atoms with E-state index in [2.05, 4.69) is 20.0 Å². The fraction of sp³-hybridized carbons (Fsp3) is 0.214. The molecule has 0 aliphatic heterocycles. The monoisotopic (exact) mass is 275 g/mol. The van der Waals surface area contributed by atoms with E-state index in [1.807, 2.05) is 0 Å². The number of nitrogens with one attached hydrogen (secondary N) is 1. The molecule has 0 fully saturated rings. The minimum Gasteiger partial charge on any atom is -0.463 e. The molecule has 1 N–H and O–H groups in total. The fourth-order valence-electron chi connectivity index (χ4n) is 1.63. The van der Waals surface area contributed by atoms with Crippen LogP contribution in [-0.4, -0.2) is 29.6 Å². The highest BCUT2D eigenvalue weighted by atomic mass is 19.1. The van der Waals surface area contributed by atoms with Crippen molar-refractivity contribution in [3.05, 3.63) is 53.7 Å². The molecule has 0 radical (unpaired) electrons. The van der Waals surface area contributed by atoms with Gasteiger partial charge in [0.15, 0.2) is 0 Å². The molecule has 0 aliphatic carbocycles. The molecule has 2 rings (SSSR count). The van der Waals surface area contributed by atoms with Crippen molar-refractivity contribution in [1.82, 2.24) is 9.97 Å². The minimum atomic E-state index is -0.577. The molecule has 2 aromatic rings. The van der Waals surface area contributed by atoms with E-state index >= 15 is 0 Å². The number of anilines is 1. The molecule has 104 valence electrons. The topological polar surface area (TPSA) is 64.1 Å². The van der Waals surface area contributed by atoms with Gasteiger partial charge in [0.25, 0.3) is 0 Å². The van der Waals surface area contributed by atoms with Gasteiger partial charge in [-0.2, -0.15) is 0 Å². The molecule has 1 aromatic carbocycles. The number of halogens is 1. The van der Waals surface area contributed by atoms with Crippen LogP contribution in [0.4, 0.5) is 10.2 Å². The van der Waals surface area contributed by atoms with Crippen molar-refractivity contribution in [2.75, 3.05) is 19.0 Å². The Bertz CT molecular complexity index is 587. The number of benzene rings is 1. The maximum Gasteiger partial charge on any atom is 0.376 e. The number of ether oxygens (including phenoxy) is 1. The first-order chi connectivity index (χ1) is 9.69. The molecule has 1 heterocycles. The van der Waals surface area contributed by atoms with Crippen LogP contribution in [0.1, 0.15) is 16.2 Å². The van der Waals surface area contributed by atoms with Crippen LogP contribution in [0.25, 0.3) is 0 Å². The van der Waals surface area contributed by atoms with Crippen LogP contribution in [-0.2, 0) is 11.2 Å². The quantitative estimate of drug-likeness (QED) is 0.846. The Morgan fingerprint density at radius 2 is 2.05 bits per heavy atom. The summed E-state index contributed by atoms with van der Waals surface area (Å²) in [6.45, 7) is 0.614. The maximum atomic E-state index is 12.8. The summed E-state index contributed by atoms with van der Waals surface area (Å²) in [7, 11) is 1.28. The molecule has 0 saturated heterocycles. The van der Waals surface area contributed by atoms with Crippen LogP contribution < -0.4 is 5.32 Å². The van der Waals surface area contributed by atoms with Gasteiger partial charge in [-0.05, 0) is 30.2 Å². The van der Waals surface area contributed by atoms with Crippen LogP contribution in [0.2, 0.25) is 0 Å². The van der Waals surface area contributed by atoms with E-state index in [0.717, 1.165) is 12.0 Å². The molecule has 6 heteroatoms. The number of hydrogen-bond acceptors (Lipinski definition) is 5. The van der Waals surface area contributed by atoms with Gasteiger partial charge in [0.1, 0.15) is 11.6 Å². The van der Waals surface area contributed by atoms with Crippen LogP contribution in [0.3, 0.4) is 0 Å². The number of methoxy groups -OCH3 is 1. The molecular weight excluding hydrogens is 261 g/mol.